The molecule has 0 spiro atoms. The molecule has 4 heteroatoms. The molecule has 1 saturated carbocycles. The number of benzene rings is 1. The molecule has 2 aliphatic rings. The predicted molar refractivity (Wildman–Crippen MR) is 110 cm³/mol. The lowest BCUT2D eigenvalue weighted by Crippen LogP contribution is -2.39. The molecule has 2 aromatic rings. The first-order valence-corrected chi connectivity index (χ1v) is 10.8. The highest BCUT2D eigenvalue weighted by Gasteiger charge is 2.26. The van der Waals surface area contributed by atoms with Gasteiger partial charge in [0.05, 0.1) is 11.0 Å². The van der Waals surface area contributed by atoms with E-state index in [2.05, 4.69) is 41.5 Å². The number of amides is 1. The number of nitrogens with zero attached hydrogens (tertiary/aromatic N) is 3. The highest BCUT2D eigenvalue weighted by Crippen LogP contribution is 2.31. The van der Waals surface area contributed by atoms with Gasteiger partial charge in [0.2, 0.25) is 5.91 Å². The Bertz CT molecular complexity index is 795. The van der Waals surface area contributed by atoms with Crippen LogP contribution in [0.4, 0.5) is 0 Å². The van der Waals surface area contributed by atoms with E-state index in [-0.39, 0.29) is 0 Å². The average Bonchev–Trinajstić information content (AvgIpc) is 3.02. The van der Waals surface area contributed by atoms with Crippen molar-refractivity contribution in [2.75, 3.05) is 13.1 Å². The SMILES string of the molecule is Cc1ccc2nc(C)n(C3CCN(C(=O)CCC4CCCCC4)CC3)c2c1. The van der Waals surface area contributed by atoms with Crippen LogP contribution in [0.25, 0.3) is 11.0 Å². The molecule has 146 valence electrons. The largest absolute Gasteiger partial charge is 0.343 e. The van der Waals surface area contributed by atoms with Crippen LogP contribution in [0, 0.1) is 19.8 Å². The van der Waals surface area contributed by atoms with E-state index < -0.39 is 0 Å². The van der Waals surface area contributed by atoms with Gasteiger partial charge in [-0.2, -0.15) is 0 Å². The van der Waals surface area contributed by atoms with Crippen LogP contribution in [0.1, 0.15) is 75.2 Å². The van der Waals surface area contributed by atoms with Gasteiger partial charge in [-0.1, -0.05) is 38.2 Å². The van der Waals surface area contributed by atoms with Crippen LogP contribution in [0.2, 0.25) is 0 Å². The van der Waals surface area contributed by atoms with Gasteiger partial charge in [-0.25, -0.2) is 4.98 Å². The Morgan fingerprint density at radius 3 is 2.56 bits per heavy atom. The van der Waals surface area contributed by atoms with Crippen LogP contribution in [0.5, 0.6) is 0 Å². The van der Waals surface area contributed by atoms with Gasteiger partial charge in [0.1, 0.15) is 5.82 Å². The number of carbonyl (C=O) groups is 1. The zero-order valence-electron chi connectivity index (χ0n) is 16.9. The molecule has 1 amide bonds. The molecule has 0 N–H and O–H groups in total. The molecule has 4 nitrogen and oxygen atoms in total. The minimum Gasteiger partial charge on any atom is -0.343 e. The Kier molecular flexibility index (Phi) is 5.51. The van der Waals surface area contributed by atoms with E-state index in [1.807, 2.05) is 0 Å². The number of hydrogen-bond acceptors (Lipinski definition) is 2. The first kappa shape index (κ1) is 18.5. The van der Waals surface area contributed by atoms with Crippen LogP contribution >= 0.6 is 0 Å². The summed E-state index contributed by atoms with van der Waals surface area (Å²) in [5.41, 5.74) is 3.61. The summed E-state index contributed by atoms with van der Waals surface area (Å²) in [6, 6.07) is 6.96. The maximum Gasteiger partial charge on any atom is 0.222 e. The van der Waals surface area contributed by atoms with Crippen LogP contribution in [0.15, 0.2) is 18.2 Å². The number of rotatable bonds is 4. The van der Waals surface area contributed by atoms with Crippen LogP contribution in [-0.4, -0.2) is 33.4 Å². The summed E-state index contributed by atoms with van der Waals surface area (Å²) in [5, 5.41) is 0. The molecular weight excluding hydrogens is 334 g/mol. The monoisotopic (exact) mass is 367 g/mol. The first-order chi connectivity index (χ1) is 13.1. The van der Waals surface area contributed by atoms with E-state index in [0.29, 0.717) is 11.9 Å². The topological polar surface area (TPSA) is 38.1 Å². The van der Waals surface area contributed by atoms with E-state index >= 15 is 0 Å². The summed E-state index contributed by atoms with van der Waals surface area (Å²) in [5.74, 6) is 2.27. The number of fused-ring (bicyclic) bond motifs is 1. The maximum atomic E-state index is 12.7. The standard InChI is InChI=1S/C23H33N3O/c1-17-8-10-21-22(16-17)26(18(2)24-21)20-12-14-25(15-13-20)23(27)11-9-19-6-4-3-5-7-19/h8,10,16,19-20H,3-7,9,11-15H2,1-2H3. The smallest absolute Gasteiger partial charge is 0.222 e. The maximum absolute atomic E-state index is 12.7. The molecule has 4 rings (SSSR count). The van der Waals surface area contributed by atoms with Gasteiger partial charge in [0, 0.05) is 25.6 Å². The molecule has 0 bridgehead atoms. The minimum absolute atomic E-state index is 0.377. The molecule has 0 atom stereocenters. The summed E-state index contributed by atoms with van der Waals surface area (Å²) in [6.07, 6.45) is 10.7. The number of aromatic nitrogens is 2. The summed E-state index contributed by atoms with van der Waals surface area (Å²) in [7, 11) is 0. The molecular formula is C23H33N3O. The number of piperidine rings is 1. The van der Waals surface area contributed by atoms with Crippen molar-refractivity contribution >= 4 is 16.9 Å². The molecule has 27 heavy (non-hydrogen) atoms. The molecule has 1 aromatic carbocycles. The fourth-order valence-electron chi connectivity index (χ4n) is 5.12. The minimum atomic E-state index is 0.377. The molecule has 2 fully saturated rings. The number of aryl methyl sites for hydroxylation is 2. The lowest BCUT2D eigenvalue weighted by molar-refractivity contribution is -0.132. The Morgan fingerprint density at radius 2 is 1.81 bits per heavy atom. The van der Waals surface area contributed by atoms with E-state index in [9.17, 15) is 4.79 Å². The van der Waals surface area contributed by atoms with Gasteiger partial charge in [0.15, 0.2) is 0 Å². The quantitative estimate of drug-likeness (QED) is 0.747. The summed E-state index contributed by atoms with van der Waals surface area (Å²) < 4.78 is 2.41. The van der Waals surface area contributed by atoms with Crippen LogP contribution < -0.4 is 0 Å². The molecule has 0 unspecified atom stereocenters. The molecule has 0 radical (unpaired) electrons. The first-order valence-electron chi connectivity index (χ1n) is 10.8. The van der Waals surface area contributed by atoms with Gasteiger partial charge in [-0.05, 0) is 56.7 Å². The normalized spacial score (nSPS) is 19.7. The van der Waals surface area contributed by atoms with Crippen molar-refractivity contribution in [2.45, 2.75) is 77.7 Å². The Labute approximate surface area is 163 Å². The fourth-order valence-corrected chi connectivity index (χ4v) is 5.12. The zero-order chi connectivity index (χ0) is 18.8. The van der Waals surface area contributed by atoms with Gasteiger partial charge in [-0.3, -0.25) is 4.79 Å². The third kappa shape index (κ3) is 4.04. The van der Waals surface area contributed by atoms with Gasteiger partial charge < -0.3 is 9.47 Å². The van der Waals surface area contributed by atoms with E-state index in [0.717, 1.165) is 56.0 Å². The Balaban J connectivity index is 1.35. The third-order valence-corrected chi connectivity index (χ3v) is 6.69. The second-order valence-electron chi connectivity index (χ2n) is 8.68. The number of carbonyl (C=O) groups excluding carboxylic acids is 1. The highest BCUT2D eigenvalue weighted by molar-refractivity contribution is 5.77. The van der Waals surface area contributed by atoms with Crippen molar-refractivity contribution in [2.24, 2.45) is 5.92 Å². The second-order valence-corrected chi connectivity index (χ2v) is 8.68. The molecule has 1 saturated heterocycles. The lowest BCUT2D eigenvalue weighted by Gasteiger charge is -2.34. The van der Waals surface area contributed by atoms with Crippen molar-refractivity contribution < 1.29 is 4.79 Å². The Hall–Kier alpha value is -1.84. The van der Waals surface area contributed by atoms with Crippen molar-refractivity contribution in [3.05, 3.63) is 29.6 Å². The second kappa shape index (κ2) is 8.04. The van der Waals surface area contributed by atoms with E-state index in [1.165, 1.54) is 43.2 Å². The Morgan fingerprint density at radius 1 is 1.07 bits per heavy atom. The van der Waals surface area contributed by atoms with Gasteiger partial charge >= 0.3 is 0 Å². The molecule has 2 heterocycles. The highest BCUT2D eigenvalue weighted by atomic mass is 16.2. The molecule has 1 aliphatic heterocycles. The number of hydrogen-bond donors (Lipinski definition) is 0. The van der Waals surface area contributed by atoms with Crippen molar-refractivity contribution in [1.29, 1.82) is 0 Å². The van der Waals surface area contributed by atoms with Crippen LogP contribution in [-0.2, 0) is 4.79 Å². The van der Waals surface area contributed by atoms with Crippen molar-refractivity contribution in [3.8, 4) is 0 Å². The summed E-state index contributed by atoms with van der Waals surface area (Å²) in [4.78, 5) is 19.5. The van der Waals surface area contributed by atoms with Crippen molar-refractivity contribution in [3.63, 3.8) is 0 Å². The number of likely N-dealkylation sites (tertiary alicyclic amines) is 1. The predicted octanol–water partition coefficient (Wildman–Crippen LogP) is 5.18. The van der Waals surface area contributed by atoms with Crippen LogP contribution in [0.3, 0.4) is 0 Å². The van der Waals surface area contributed by atoms with Gasteiger partial charge in [0.25, 0.3) is 0 Å². The van der Waals surface area contributed by atoms with Gasteiger partial charge in [-0.15, -0.1) is 0 Å². The van der Waals surface area contributed by atoms with Crippen molar-refractivity contribution in [1.82, 2.24) is 14.5 Å². The van der Waals surface area contributed by atoms with E-state index in [4.69, 9.17) is 4.98 Å². The molecule has 1 aromatic heterocycles. The van der Waals surface area contributed by atoms with E-state index in [1.54, 1.807) is 0 Å². The summed E-state index contributed by atoms with van der Waals surface area (Å²) in [6.45, 7) is 6.02. The third-order valence-electron chi connectivity index (χ3n) is 6.69. The fraction of sp³-hybridized carbons (Fsp3) is 0.652. The summed E-state index contributed by atoms with van der Waals surface area (Å²) >= 11 is 0. The molecule has 1 aliphatic carbocycles. The zero-order valence-corrected chi connectivity index (χ0v) is 16.9. The average molecular weight is 368 g/mol. The number of imidazole rings is 1. The lowest BCUT2D eigenvalue weighted by atomic mass is 9.86.